The van der Waals surface area contributed by atoms with Crippen molar-refractivity contribution >= 4 is 11.9 Å². The molecule has 0 spiro atoms. The van der Waals surface area contributed by atoms with Gasteiger partial charge in [-0.1, -0.05) is 19.1 Å². The monoisotopic (exact) mass is 360 g/mol. The molecule has 1 saturated heterocycles. The molecule has 0 aromatic heterocycles. The molecule has 1 aliphatic rings. The van der Waals surface area contributed by atoms with Gasteiger partial charge >= 0.3 is 5.97 Å². The van der Waals surface area contributed by atoms with E-state index in [2.05, 4.69) is 27.4 Å². The van der Waals surface area contributed by atoms with E-state index in [-0.39, 0.29) is 5.97 Å². The van der Waals surface area contributed by atoms with Gasteiger partial charge in [-0.25, -0.2) is 4.79 Å². The number of ether oxygens (including phenoxy) is 1. The number of aliphatic imine (C=N–C) groups is 1. The largest absolute Gasteiger partial charge is 0.462 e. The van der Waals surface area contributed by atoms with Gasteiger partial charge in [0.25, 0.3) is 0 Å². The first-order valence-electron chi connectivity index (χ1n) is 9.61. The van der Waals surface area contributed by atoms with Crippen molar-refractivity contribution in [2.24, 2.45) is 4.99 Å². The van der Waals surface area contributed by atoms with Crippen molar-refractivity contribution in [1.29, 1.82) is 0 Å². The number of guanidine groups is 1. The van der Waals surface area contributed by atoms with E-state index in [0.717, 1.165) is 37.5 Å². The van der Waals surface area contributed by atoms with Crippen molar-refractivity contribution in [2.75, 3.05) is 33.3 Å². The van der Waals surface area contributed by atoms with Crippen molar-refractivity contribution in [3.8, 4) is 0 Å². The van der Waals surface area contributed by atoms with Crippen LogP contribution in [-0.2, 0) is 11.3 Å². The van der Waals surface area contributed by atoms with Gasteiger partial charge in [0.15, 0.2) is 5.96 Å². The molecule has 2 rings (SSSR count). The first-order valence-corrected chi connectivity index (χ1v) is 9.61. The van der Waals surface area contributed by atoms with Crippen molar-refractivity contribution in [1.82, 2.24) is 15.5 Å². The molecule has 0 aliphatic carbocycles. The highest BCUT2D eigenvalue weighted by Gasteiger charge is 2.19. The fourth-order valence-corrected chi connectivity index (χ4v) is 3.16. The highest BCUT2D eigenvalue weighted by atomic mass is 16.5. The molecule has 6 nitrogen and oxygen atoms in total. The Morgan fingerprint density at radius 2 is 1.92 bits per heavy atom. The first-order chi connectivity index (χ1) is 12.7. The molecule has 144 valence electrons. The van der Waals surface area contributed by atoms with Crippen LogP contribution in [0.1, 0.15) is 49.0 Å². The number of hydrogen-bond acceptors (Lipinski definition) is 4. The average molecular weight is 361 g/mol. The van der Waals surface area contributed by atoms with Crippen LogP contribution in [0.4, 0.5) is 0 Å². The fourth-order valence-electron chi connectivity index (χ4n) is 3.16. The Labute approximate surface area is 157 Å². The third-order valence-corrected chi connectivity index (χ3v) is 4.62. The molecule has 0 saturated carbocycles. The van der Waals surface area contributed by atoms with Crippen molar-refractivity contribution < 1.29 is 9.53 Å². The van der Waals surface area contributed by atoms with E-state index in [9.17, 15) is 4.79 Å². The topological polar surface area (TPSA) is 66.0 Å². The second-order valence-corrected chi connectivity index (χ2v) is 6.60. The van der Waals surface area contributed by atoms with Crippen LogP contribution in [0.2, 0.25) is 0 Å². The quantitative estimate of drug-likeness (QED) is 0.444. The lowest BCUT2D eigenvalue weighted by atomic mass is 10.1. The third-order valence-electron chi connectivity index (χ3n) is 4.62. The number of carbonyl (C=O) groups is 1. The van der Waals surface area contributed by atoms with Crippen molar-refractivity contribution in [2.45, 2.75) is 45.7 Å². The summed E-state index contributed by atoms with van der Waals surface area (Å²) in [6.45, 7) is 8.59. The summed E-state index contributed by atoms with van der Waals surface area (Å²) >= 11 is 0. The maximum absolute atomic E-state index is 11.7. The lowest BCUT2D eigenvalue weighted by Gasteiger charge is -2.32. The molecule has 0 amide bonds. The molecule has 2 N–H and O–H groups in total. The van der Waals surface area contributed by atoms with Gasteiger partial charge in [0.05, 0.1) is 12.2 Å². The second kappa shape index (κ2) is 10.8. The van der Waals surface area contributed by atoms with Gasteiger partial charge < -0.3 is 20.3 Å². The van der Waals surface area contributed by atoms with Crippen LogP contribution in [-0.4, -0.2) is 56.2 Å². The van der Waals surface area contributed by atoms with Crippen LogP contribution in [0.25, 0.3) is 0 Å². The molecule has 0 bridgehead atoms. The average Bonchev–Trinajstić information content (AvgIpc) is 2.67. The van der Waals surface area contributed by atoms with E-state index in [4.69, 9.17) is 4.74 Å². The van der Waals surface area contributed by atoms with Gasteiger partial charge in [0, 0.05) is 32.7 Å². The van der Waals surface area contributed by atoms with Gasteiger partial charge in [-0.2, -0.15) is 0 Å². The molecule has 1 aliphatic heterocycles. The molecule has 6 heteroatoms. The maximum atomic E-state index is 11.7. The molecule has 1 heterocycles. The number of hydrogen-bond donors (Lipinski definition) is 2. The predicted molar refractivity (Wildman–Crippen MR) is 105 cm³/mol. The van der Waals surface area contributed by atoms with Gasteiger partial charge in [0.2, 0.25) is 0 Å². The van der Waals surface area contributed by atoms with Crippen LogP contribution in [0.5, 0.6) is 0 Å². The smallest absolute Gasteiger partial charge is 0.338 e. The summed E-state index contributed by atoms with van der Waals surface area (Å²) in [4.78, 5) is 18.5. The zero-order valence-corrected chi connectivity index (χ0v) is 16.3. The Bertz CT molecular complexity index is 578. The molecule has 0 unspecified atom stereocenters. The fraction of sp³-hybridized carbons (Fsp3) is 0.600. The lowest BCUT2D eigenvalue weighted by Crippen LogP contribution is -2.48. The van der Waals surface area contributed by atoms with Gasteiger partial charge in [-0.05, 0) is 50.4 Å². The summed E-state index contributed by atoms with van der Waals surface area (Å²) in [5, 5.41) is 6.88. The highest BCUT2D eigenvalue weighted by Crippen LogP contribution is 2.10. The van der Waals surface area contributed by atoms with E-state index in [1.54, 1.807) is 19.2 Å². The Balaban J connectivity index is 1.77. The van der Waals surface area contributed by atoms with E-state index < -0.39 is 0 Å². The number of nitrogens with zero attached hydrogens (tertiary/aromatic N) is 2. The lowest BCUT2D eigenvalue weighted by molar-refractivity contribution is 0.0526. The number of carbonyl (C=O) groups excluding carboxylic acids is 1. The number of esters is 1. The molecular formula is C20H32N4O2. The van der Waals surface area contributed by atoms with Crippen LogP contribution in [0.3, 0.4) is 0 Å². The molecule has 1 aromatic rings. The molecule has 26 heavy (non-hydrogen) atoms. The number of piperidine rings is 1. The van der Waals surface area contributed by atoms with Crippen LogP contribution >= 0.6 is 0 Å². The standard InChI is InChI=1S/C20H32N4O2/c1-4-12-24-13-10-18(11-14-24)23-20(21-3)22-15-16-6-8-17(9-7-16)19(25)26-5-2/h6-9,18H,4-5,10-15H2,1-3H3,(H2,21,22,23). The van der Waals surface area contributed by atoms with E-state index in [0.29, 0.717) is 24.8 Å². The zero-order valence-electron chi connectivity index (χ0n) is 16.3. The van der Waals surface area contributed by atoms with E-state index >= 15 is 0 Å². The summed E-state index contributed by atoms with van der Waals surface area (Å²) in [7, 11) is 1.80. The SMILES string of the molecule is CCCN1CCC(NC(=NC)NCc2ccc(C(=O)OCC)cc2)CC1. The second-order valence-electron chi connectivity index (χ2n) is 6.60. The summed E-state index contributed by atoms with van der Waals surface area (Å²) in [6.07, 6.45) is 3.51. The summed E-state index contributed by atoms with van der Waals surface area (Å²) in [6, 6.07) is 7.95. The summed E-state index contributed by atoms with van der Waals surface area (Å²) in [5.41, 5.74) is 1.68. The molecular weight excluding hydrogens is 328 g/mol. The van der Waals surface area contributed by atoms with Crippen molar-refractivity contribution in [3.63, 3.8) is 0 Å². The van der Waals surface area contributed by atoms with E-state index in [1.807, 2.05) is 19.1 Å². The normalized spacial score (nSPS) is 16.3. The van der Waals surface area contributed by atoms with Crippen LogP contribution < -0.4 is 10.6 Å². The number of likely N-dealkylation sites (tertiary alicyclic amines) is 1. The summed E-state index contributed by atoms with van der Waals surface area (Å²) < 4.78 is 5.00. The minimum Gasteiger partial charge on any atom is -0.462 e. The molecule has 1 aromatic carbocycles. The third kappa shape index (κ3) is 6.33. The first kappa shape index (κ1) is 20.2. The molecule has 1 fully saturated rings. The maximum Gasteiger partial charge on any atom is 0.338 e. The Morgan fingerprint density at radius 3 is 2.50 bits per heavy atom. The van der Waals surface area contributed by atoms with Gasteiger partial charge in [0.1, 0.15) is 0 Å². The Kier molecular flexibility index (Phi) is 8.41. The minimum absolute atomic E-state index is 0.279. The van der Waals surface area contributed by atoms with Crippen LogP contribution in [0.15, 0.2) is 29.3 Å². The highest BCUT2D eigenvalue weighted by molar-refractivity contribution is 5.89. The minimum atomic E-state index is -0.279. The number of nitrogens with one attached hydrogen (secondary N) is 2. The Morgan fingerprint density at radius 1 is 1.23 bits per heavy atom. The Hall–Kier alpha value is -2.08. The van der Waals surface area contributed by atoms with Crippen LogP contribution in [0, 0.1) is 0 Å². The number of benzene rings is 1. The number of rotatable bonds is 7. The van der Waals surface area contributed by atoms with E-state index in [1.165, 1.54) is 13.0 Å². The zero-order chi connectivity index (χ0) is 18.8. The molecule has 0 atom stereocenters. The summed E-state index contributed by atoms with van der Waals surface area (Å²) in [5.74, 6) is 0.548. The van der Waals surface area contributed by atoms with Gasteiger partial charge in [-0.15, -0.1) is 0 Å². The molecule has 0 radical (unpaired) electrons. The van der Waals surface area contributed by atoms with Gasteiger partial charge in [-0.3, -0.25) is 4.99 Å². The predicted octanol–water partition coefficient (Wildman–Crippen LogP) is 2.40. The van der Waals surface area contributed by atoms with Crippen molar-refractivity contribution in [3.05, 3.63) is 35.4 Å².